The van der Waals surface area contributed by atoms with Gasteiger partial charge in [-0.25, -0.2) is 8.78 Å². The average molecular weight is 345 g/mol. The number of carbonyl (C=O) groups is 1. The predicted molar refractivity (Wildman–Crippen MR) is 72.6 cm³/mol. The van der Waals surface area contributed by atoms with Crippen LogP contribution >= 0.6 is 15.9 Å². The van der Waals surface area contributed by atoms with E-state index in [1.165, 1.54) is 0 Å². The molecule has 0 radical (unpaired) electrons. The molecule has 0 saturated carbocycles. The van der Waals surface area contributed by atoms with Crippen LogP contribution in [0.15, 0.2) is 21.1 Å². The first-order valence-electron chi connectivity index (χ1n) is 5.85. The molecule has 7 heteroatoms. The van der Waals surface area contributed by atoms with Gasteiger partial charge in [-0.2, -0.15) is 0 Å². The Hall–Kier alpha value is -1.76. The third-order valence-electron chi connectivity index (χ3n) is 2.74. The van der Waals surface area contributed by atoms with E-state index in [9.17, 15) is 13.6 Å². The number of anilines is 1. The van der Waals surface area contributed by atoms with Gasteiger partial charge < -0.3 is 9.84 Å². The third-order valence-corrected chi connectivity index (χ3v) is 3.37. The summed E-state index contributed by atoms with van der Waals surface area (Å²) in [6.07, 6.45) is 0.507. The number of benzene rings is 1. The van der Waals surface area contributed by atoms with Gasteiger partial charge in [0.1, 0.15) is 17.1 Å². The summed E-state index contributed by atoms with van der Waals surface area (Å²) in [5, 5.41) is 6.15. The first kappa shape index (κ1) is 14.6. The minimum Gasteiger partial charge on any atom is -0.361 e. The molecule has 0 unspecified atom stereocenters. The summed E-state index contributed by atoms with van der Waals surface area (Å²) in [4.78, 5) is 12.2. The minimum absolute atomic E-state index is 0.121. The summed E-state index contributed by atoms with van der Waals surface area (Å²) in [5.74, 6) is -1.80. The third kappa shape index (κ3) is 2.72. The van der Waals surface area contributed by atoms with Crippen molar-refractivity contribution >= 4 is 27.5 Å². The highest BCUT2D eigenvalue weighted by Gasteiger charge is 2.21. The molecular formula is C13H11BrF2N2O2. The van der Waals surface area contributed by atoms with Crippen LogP contribution in [0.3, 0.4) is 0 Å². The van der Waals surface area contributed by atoms with Crippen LogP contribution in [0.25, 0.3) is 0 Å². The van der Waals surface area contributed by atoms with Crippen LogP contribution in [0.2, 0.25) is 0 Å². The molecule has 1 aromatic carbocycles. The number of rotatable bonds is 3. The lowest BCUT2D eigenvalue weighted by Crippen LogP contribution is -2.16. The first-order valence-corrected chi connectivity index (χ1v) is 6.64. The monoisotopic (exact) mass is 344 g/mol. The zero-order valence-corrected chi connectivity index (χ0v) is 12.3. The molecular weight excluding hydrogens is 334 g/mol. The van der Waals surface area contributed by atoms with Gasteiger partial charge in [0, 0.05) is 10.5 Å². The SMILES string of the molecule is CCc1noc(C)c1C(=O)Nc1c(F)cc(F)cc1Br. The quantitative estimate of drug-likeness (QED) is 0.920. The predicted octanol–water partition coefficient (Wildman–Crippen LogP) is 3.84. The van der Waals surface area contributed by atoms with E-state index in [1.54, 1.807) is 6.92 Å². The molecule has 0 atom stereocenters. The van der Waals surface area contributed by atoms with Crippen molar-refractivity contribution in [3.8, 4) is 0 Å². The molecule has 20 heavy (non-hydrogen) atoms. The molecule has 106 valence electrons. The van der Waals surface area contributed by atoms with Crippen LogP contribution in [-0.4, -0.2) is 11.1 Å². The molecule has 2 aromatic rings. The Morgan fingerprint density at radius 1 is 1.45 bits per heavy atom. The summed E-state index contributed by atoms with van der Waals surface area (Å²) < 4.78 is 31.7. The molecule has 2 rings (SSSR count). The lowest BCUT2D eigenvalue weighted by atomic mass is 10.1. The lowest BCUT2D eigenvalue weighted by Gasteiger charge is -2.08. The van der Waals surface area contributed by atoms with Gasteiger partial charge in [-0.15, -0.1) is 0 Å². The molecule has 1 amide bonds. The zero-order valence-electron chi connectivity index (χ0n) is 10.8. The van der Waals surface area contributed by atoms with Crippen molar-refractivity contribution in [1.29, 1.82) is 0 Å². The molecule has 0 aliphatic heterocycles. The fourth-order valence-corrected chi connectivity index (χ4v) is 2.30. The Morgan fingerprint density at radius 2 is 2.15 bits per heavy atom. The standard InChI is InChI=1S/C13H11BrF2N2O2/c1-3-10-11(6(2)20-18-10)13(19)17-12-8(14)4-7(15)5-9(12)16/h4-5H,3H2,1-2H3,(H,17,19). The van der Waals surface area contributed by atoms with Gasteiger partial charge in [-0.1, -0.05) is 12.1 Å². The average Bonchev–Trinajstić information content (AvgIpc) is 2.74. The molecule has 0 spiro atoms. The largest absolute Gasteiger partial charge is 0.361 e. The van der Waals surface area contributed by atoms with Crippen molar-refractivity contribution in [1.82, 2.24) is 5.16 Å². The highest BCUT2D eigenvalue weighted by molar-refractivity contribution is 9.10. The fourth-order valence-electron chi connectivity index (χ4n) is 1.79. The van der Waals surface area contributed by atoms with E-state index in [0.717, 1.165) is 6.07 Å². The summed E-state index contributed by atoms with van der Waals surface area (Å²) >= 11 is 3.01. The van der Waals surface area contributed by atoms with E-state index in [1.807, 2.05) is 6.92 Å². The lowest BCUT2D eigenvalue weighted by molar-refractivity contribution is 0.102. The van der Waals surface area contributed by atoms with Crippen molar-refractivity contribution in [3.63, 3.8) is 0 Å². The second-order valence-corrected chi connectivity index (χ2v) is 4.97. The van der Waals surface area contributed by atoms with Crippen molar-refractivity contribution in [3.05, 3.63) is 45.3 Å². The molecule has 1 aromatic heterocycles. The summed E-state index contributed by atoms with van der Waals surface area (Å²) in [7, 11) is 0. The van der Waals surface area contributed by atoms with E-state index in [2.05, 4.69) is 26.4 Å². The Labute approximate surface area is 122 Å². The Balaban J connectivity index is 2.35. The van der Waals surface area contributed by atoms with Crippen LogP contribution in [0.4, 0.5) is 14.5 Å². The Morgan fingerprint density at radius 3 is 2.75 bits per heavy atom. The van der Waals surface area contributed by atoms with Crippen molar-refractivity contribution in [2.45, 2.75) is 20.3 Å². The summed E-state index contributed by atoms with van der Waals surface area (Å²) in [6, 6.07) is 1.77. The number of hydrogen-bond donors (Lipinski definition) is 1. The van der Waals surface area contributed by atoms with Gasteiger partial charge in [-0.05, 0) is 35.3 Å². The number of amides is 1. The highest BCUT2D eigenvalue weighted by atomic mass is 79.9. The van der Waals surface area contributed by atoms with E-state index in [4.69, 9.17) is 4.52 Å². The van der Waals surface area contributed by atoms with Gasteiger partial charge in [-0.3, -0.25) is 4.79 Å². The van der Waals surface area contributed by atoms with Gasteiger partial charge in [0.2, 0.25) is 0 Å². The van der Waals surface area contributed by atoms with E-state index in [-0.39, 0.29) is 15.7 Å². The maximum Gasteiger partial charge on any atom is 0.261 e. The fraction of sp³-hybridized carbons (Fsp3) is 0.231. The number of nitrogens with zero attached hydrogens (tertiary/aromatic N) is 1. The maximum atomic E-state index is 13.7. The van der Waals surface area contributed by atoms with E-state index < -0.39 is 17.5 Å². The molecule has 0 saturated heterocycles. The zero-order chi connectivity index (χ0) is 14.9. The Kier molecular flexibility index (Phi) is 4.17. The van der Waals surface area contributed by atoms with Gasteiger partial charge in [0.25, 0.3) is 5.91 Å². The topological polar surface area (TPSA) is 55.1 Å². The smallest absolute Gasteiger partial charge is 0.261 e. The number of carbonyl (C=O) groups excluding carboxylic acids is 1. The number of halogens is 3. The second kappa shape index (κ2) is 5.70. The normalized spacial score (nSPS) is 10.7. The van der Waals surface area contributed by atoms with Crippen molar-refractivity contribution in [2.75, 3.05) is 5.32 Å². The minimum atomic E-state index is -0.864. The maximum absolute atomic E-state index is 13.7. The van der Waals surface area contributed by atoms with Crippen LogP contribution in [0, 0.1) is 18.6 Å². The Bertz CT molecular complexity index is 647. The molecule has 0 aliphatic rings. The number of aryl methyl sites for hydroxylation is 2. The van der Waals surface area contributed by atoms with Crippen LogP contribution in [-0.2, 0) is 6.42 Å². The molecule has 0 bridgehead atoms. The number of nitrogens with one attached hydrogen (secondary N) is 1. The number of hydrogen-bond acceptors (Lipinski definition) is 3. The number of aromatic nitrogens is 1. The van der Waals surface area contributed by atoms with Crippen molar-refractivity contribution < 1.29 is 18.1 Å². The highest BCUT2D eigenvalue weighted by Crippen LogP contribution is 2.28. The van der Waals surface area contributed by atoms with Gasteiger partial charge in [0.05, 0.1) is 11.4 Å². The molecule has 1 N–H and O–H groups in total. The summed E-state index contributed by atoms with van der Waals surface area (Å²) in [6.45, 7) is 3.42. The van der Waals surface area contributed by atoms with Gasteiger partial charge in [0.15, 0.2) is 5.82 Å². The second-order valence-electron chi connectivity index (χ2n) is 4.11. The van der Waals surface area contributed by atoms with E-state index in [0.29, 0.717) is 23.9 Å². The molecule has 1 heterocycles. The van der Waals surface area contributed by atoms with Crippen LogP contribution < -0.4 is 5.32 Å². The molecule has 0 aliphatic carbocycles. The van der Waals surface area contributed by atoms with Gasteiger partial charge >= 0.3 is 0 Å². The van der Waals surface area contributed by atoms with E-state index >= 15 is 0 Å². The summed E-state index contributed by atoms with van der Waals surface area (Å²) in [5.41, 5.74) is 0.626. The molecule has 0 fully saturated rings. The van der Waals surface area contributed by atoms with Crippen LogP contribution in [0.5, 0.6) is 0 Å². The first-order chi connectivity index (χ1) is 9.43. The van der Waals surface area contributed by atoms with Crippen LogP contribution in [0.1, 0.15) is 28.7 Å². The molecule has 4 nitrogen and oxygen atoms in total. The van der Waals surface area contributed by atoms with Crippen molar-refractivity contribution in [2.24, 2.45) is 0 Å².